The fourth-order valence-corrected chi connectivity index (χ4v) is 7.30. The van der Waals surface area contributed by atoms with E-state index in [1.165, 1.54) is 16.8 Å². The van der Waals surface area contributed by atoms with E-state index in [4.69, 9.17) is 0 Å². The van der Waals surface area contributed by atoms with Crippen molar-refractivity contribution in [3.05, 3.63) is 138 Å². The molecular formula is C37H25F9N2+2. The molecule has 11 heteroatoms. The number of nitrogens with zero attached hydrogens (tertiary/aromatic N) is 2. The number of aromatic nitrogens is 2. The first-order valence-electron chi connectivity index (χ1n) is 15.0. The maximum Gasteiger partial charge on any atom is 0.417 e. The molecular weight excluding hydrogens is 643 g/mol. The first-order valence-corrected chi connectivity index (χ1v) is 15.0. The van der Waals surface area contributed by atoms with Gasteiger partial charge in [-0.05, 0) is 59.9 Å². The SMILES string of the molecule is C=C1C2C(CCc3c(c(C(F)(F)F)cc(C(F)(F)F)c3C(F)(F)F)-c3cc(-c4ccccc4)cc[n+]31)c1ccccc1-c1cccc[n+]12. The number of rotatable bonds is 1. The number of hydrogen-bond donors (Lipinski definition) is 0. The van der Waals surface area contributed by atoms with Crippen LogP contribution in [0, 0.1) is 0 Å². The van der Waals surface area contributed by atoms with Gasteiger partial charge in [0.25, 0.3) is 0 Å². The van der Waals surface area contributed by atoms with Crippen molar-refractivity contribution in [3.8, 4) is 33.6 Å². The van der Waals surface area contributed by atoms with Gasteiger partial charge in [-0.1, -0.05) is 48.5 Å². The molecule has 4 heterocycles. The average molecular weight is 669 g/mol. The summed E-state index contributed by atoms with van der Waals surface area (Å²) in [6.45, 7) is 4.31. The van der Waals surface area contributed by atoms with E-state index in [-0.39, 0.29) is 17.8 Å². The highest BCUT2D eigenvalue weighted by Gasteiger charge is 2.52. The zero-order valence-electron chi connectivity index (χ0n) is 24.9. The predicted molar refractivity (Wildman–Crippen MR) is 160 cm³/mol. The minimum Gasteiger partial charge on any atom is -0.184 e. The van der Waals surface area contributed by atoms with Gasteiger partial charge in [0, 0.05) is 29.8 Å². The standard InChI is InChI=1S/C37H25F9N2/c1-21-34-26(24-11-5-6-12-25(24)30-13-7-8-17-48(30)34)14-15-27-32(31-19-23(16-18-47(21)31)22-9-3-2-4-10-22)28(35(38,39)40)20-29(36(41,42)43)33(27)37(44,45)46/h2-13,16-20,26,34H,1,14-15H2/q+2. The predicted octanol–water partition coefficient (Wildman–Crippen LogP) is 10.1. The van der Waals surface area contributed by atoms with Crippen molar-refractivity contribution < 1.29 is 48.6 Å². The lowest BCUT2D eigenvalue weighted by molar-refractivity contribution is -0.727. The molecule has 2 nitrogen and oxygen atoms in total. The molecule has 5 aromatic rings. The highest BCUT2D eigenvalue weighted by molar-refractivity contribution is 5.76. The van der Waals surface area contributed by atoms with Gasteiger partial charge in [0.15, 0.2) is 12.4 Å². The minimum atomic E-state index is -5.72. The lowest BCUT2D eigenvalue weighted by atomic mass is 9.78. The second kappa shape index (κ2) is 11.1. The van der Waals surface area contributed by atoms with Gasteiger partial charge in [0.05, 0.1) is 28.2 Å². The Morgan fingerprint density at radius 2 is 1.29 bits per heavy atom. The average Bonchev–Trinajstić information content (AvgIpc) is 3.09. The number of pyridine rings is 2. The lowest BCUT2D eigenvalue weighted by Gasteiger charge is -2.29. The molecule has 0 saturated carbocycles. The van der Waals surface area contributed by atoms with Crippen LogP contribution in [-0.2, 0) is 24.9 Å². The van der Waals surface area contributed by atoms with E-state index in [0.29, 0.717) is 16.7 Å². The van der Waals surface area contributed by atoms with E-state index < -0.39 is 70.8 Å². The summed E-state index contributed by atoms with van der Waals surface area (Å²) in [5.74, 6) is -0.654. The molecule has 244 valence electrons. The van der Waals surface area contributed by atoms with Crippen molar-refractivity contribution >= 4 is 5.70 Å². The topological polar surface area (TPSA) is 7.76 Å². The van der Waals surface area contributed by atoms with Crippen LogP contribution in [0.25, 0.3) is 39.3 Å². The molecule has 0 aliphatic carbocycles. The number of allylic oxidation sites excluding steroid dienone is 1. The van der Waals surface area contributed by atoms with E-state index in [0.717, 1.165) is 11.3 Å². The Morgan fingerprint density at radius 1 is 0.625 bits per heavy atom. The van der Waals surface area contributed by atoms with E-state index >= 15 is 0 Å². The summed E-state index contributed by atoms with van der Waals surface area (Å²) < 4.78 is 136. The van der Waals surface area contributed by atoms with E-state index in [1.54, 1.807) is 66.9 Å². The van der Waals surface area contributed by atoms with Gasteiger partial charge in [-0.3, -0.25) is 0 Å². The second-order valence-electron chi connectivity index (χ2n) is 11.9. The third-order valence-electron chi connectivity index (χ3n) is 9.21. The molecule has 3 aromatic carbocycles. The molecule has 2 aliphatic heterocycles. The highest BCUT2D eigenvalue weighted by atomic mass is 19.4. The second-order valence-corrected chi connectivity index (χ2v) is 11.9. The molecule has 0 amide bonds. The summed E-state index contributed by atoms with van der Waals surface area (Å²) in [6, 6.07) is 22.8. The van der Waals surface area contributed by atoms with Gasteiger partial charge in [0.1, 0.15) is 0 Å². The monoisotopic (exact) mass is 668 g/mol. The van der Waals surface area contributed by atoms with Crippen LogP contribution in [0.1, 0.15) is 46.2 Å². The van der Waals surface area contributed by atoms with Crippen molar-refractivity contribution in [1.29, 1.82) is 0 Å². The molecule has 2 unspecified atom stereocenters. The Hall–Kier alpha value is -4.93. The number of alkyl halides is 9. The molecule has 0 bridgehead atoms. The highest BCUT2D eigenvalue weighted by Crippen LogP contribution is 2.52. The maximum atomic E-state index is 14.9. The molecule has 2 aliphatic rings. The zero-order valence-corrected chi connectivity index (χ0v) is 24.9. The van der Waals surface area contributed by atoms with Crippen LogP contribution in [0.4, 0.5) is 39.5 Å². The van der Waals surface area contributed by atoms with Crippen molar-refractivity contribution in [2.75, 3.05) is 0 Å². The normalized spacial score (nSPS) is 17.6. The summed E-state index contributed by atoms with van der Waals surface area (Å²) in [7, 11) is 0. The van der Waals surface area contributed by atoms with Gasteiger partial charge < -0.3 is 0 Å². The van der Waals surface area contributed by atoms with Crippen LogP contribution in [0.2, 0.25) is 0 Å². The third-order valence-corrected chi connectivity index (χ3v) is 9.21. The number of halogens is 9. The zero-order chi connectivity index (χ0) is 34.2. The van der Waals surface area contributed by atoms with Crippen LogP contribution < -0.4 is 9.13 Å². The smallest absolute Gasteiger partial charge is 0.184 e. The first kappa shape index (κ1) is 31.7. The molecule has 0 spiro atoms. The molecule has 2 atom stereocenters. The van der Waals surface area contributed by atoms with Gasteiger partial charge in [-0.25, -0.2) is 0 Å². The largest absolute Gasteiger partial charge is 0.417 e. The molecule has 0 fully saturated rings. The van der Waals surface area contributed by atoms with E-state index in [9.17, 15) is 39.5 Å². The Balaban J connectivity index is 1.64. The van der Waals surface area contributed by atoms with Gasteiger partial charge in [-0.15, -0.1) is 0 Å². The van der Waals surface area contributed by atoms with Crippen LogP contribution >= 0.6 is 0 Å². The lowest BCUT2D eigenvalue weighted by Crippen LogP contribution is -2.53. The molecule has 2 aromatic heterocycles. The first-order chi connectivity index (χ1) is 22.7. The Bertz CT molecular complexity index is 2080. The Labute approximate surface area is 269 Å². The number of fused-ring (bicyclic) bond motifs is 9. The van der Waals surface area contributed by atoms with Crippen molar-refractivity contribution in [1.82, 2.24) is 0 Å². The van der Waals surface area contributed by atoms with E-state index in [2.05, 4.69) is 6.58 Å². The van der Waals surface area contributed by atoms with Crippen LogP contribution in [0.5, 0.6) is 0 Å². The summed E-state index contributed by atoms with van der Waals surface area (Å²) in [5.41, 5.74) is -5.27. The van der Waals surface area contributed by atoms with Gasteiger partial charge >= 0.3 is 18.5 Å². The van der Waals surface area contributed by atoms with Crippen LogP contribution in [0.3, 0.4) is 0 Å². The van der Waals surface area contributed by atoms with Gasteiger partial charge in [0.2, 0.25) is 23.1 Å². The van der Waals surface area contributed by atoms with Crippen LogP contribution in [-0.4, -0.2) is 0 Å². The molecule has 0 N–H and O–H groups in total. The summed E-state index contributed by atoms with van der Waals surface area (Å²) in [5, 5.41) is 0. The minimum absolute atomic E-state index is 0.198. The molecule has 48 heavy (non-hydrogen) atoms. The fourth-order valence-electron chi connectivity index (χ4n) is 7.30. The number of hydrogen-bond acceptors (Lipinski definition) is 0. The van der Waals surface area contributed by atoms with Gasteiger partial charge in [-0.2, -0.15) is 48.6 Å². The summed E-state index contributed by atoms with van der Waals surface area (Å²) in [6.07, 6.45) is -14.5. The van der Waals surface area contributed by atoms with Crippen molar-refractivity contribution in [3.63, 3.8) is 0 Å². The molecule has 0 saturated heterocycles. The maximum absolute atomic E-state index is 14.9. The molecule has 0 radical (unpaired) electrons. The van der Waals surface area contributed by atoms with Crippen molar-refractivity contribution in [2.24, 2.45) is 0 Å². The van der Waals surface area contributed by atoms with Crippen LogP contribution in [0.15, 0.2) is 110 Å². The number of benzene rings is 3. The Morgan fingerprint density at radius 3 is 1.98 bits per heavy atom. The summed E-state index contributed by atoms with van der Waals surface area (Å²) >= 11 is 0. The van der Waals surface area contributed by atoms with Crippen molar-refractivity contribution in [2.45, 2.75) is 43.3 Å². The fraction of sp³-hybridized carbons (Fsp3) is 0.189. The van der Waals surface area contributed by atoms with E-state index in [1.807, 2.05) is 22.8 Å². The quantitative estimate of drug-likeness (QED) is 0.124. The summed E-state index contributed by atoms with van der Waals surface area (Å²) in [4.78, 5) is 0. The Kier molecular flexibility index (Phi) is 7.30. The third kappa shape index (κ3) is 5.16. The molecule has 7 rings (SSSR count).